The number of hydrogen-bond donors (Lipinski definition) is 0. The van der Waals surface area contributed by atoms with E-state index in [1.807, 2.05) is 0 Å². The summed E-state index contributed by atoms with van der Waals surface area (Å²) in [6, 6.07) is 8.51. The van der Waals surface area contributed by atoms with E-state index < -0.39 is 0 Å². The maximum absolute atomic E-state index is 3.42. The maximum atomic E-state index is 3.42. The van der Waals surface area contributed by atoms with Gasteiger partial charge in [-0.15, -0.1) is 0 Å². The molecule has 0 spiro atoms. The van der Waals surface area contributed by atoms with Gasteiger partial charge < -0.3 is 0 Å². The molecule has 0 aliphatic carbocycles. The van der Waals surface area contributed by atoms with E-state index in [4.69, 9.17) is 0 Å². The minimum absolute atomic E-state index is 0.980. The van der Waals surface area contributed by atoms with Crippen molar-refractivity contribution in [3.8, 4) is 11.8 Å². The van der Waals surface area contributed by atoms with Crippen LogP contribution in [0.15, 0.2) is 24.3 Å². The lowest BCUT2D eigenvalue weighted by molar-refractivity contribution is 0.794. The largest absolute Gasteiger partial charge is 0.0979 e. The summed E-state index contributed by atoms with van der Waals surface area (Å²) < 4.78 is 0. The molecule has 0 N–H and O–H groups in total. The number of hydrogen-bond acceptors (Lipinski definition) is 0. The number of rotatable bonds is 5. The highest BCUT2D eigenvalue weighted by molar-refractivity contribution is 9.09. The Morgan fingerprint density at radius 3 is 2.75 bits per heavy atom. The number of benzene rings is 1. The highest BCUT2D eigenvalue weighted by Crippen LogP contribution is 2.11. The molecule has 0 fully saturated rings. The van der Waals surface area contributed by atoms with Gasteiger partial charge in [-0.25, -0.2) is 0 Å². The van der Waals surface area contributed by atoms with E-state index >= 15 is 0 Å². The summed E-state index contributed by atoms with van der Waals surface area (Å²) in [5.74, 6) is 6.53. The van der Waals surface area contributed by atoms with Crippen molar-refractivity contribution in [3.63, 3.8) is 0 Å². The van der Waals surface area contributed by atoms with Gasteiger partial charge in [0.2, 0.25) is 0 Å². The van der Waals surface area contributed by atoms with Gasteiger partial charge in [0, 0.05) is 17.3 Å². The summed E-state index contributed by atoms with van der Waals surface area (Å²) in [6.07, 6.45) is 5.75. The highest BCUT2D eigenvalue weighted by atomic mass is 79.9. The molecule has 0 saturated carbocycles. The molecule has 1 aromatic rings. The van der Waals surface area contributed by atoms with Crippen LogP contribution >= 0.6 is 15.9 Å². The second-order valence-corrected chi connectivity index (χ2v) is 4.65. The first-order chi connectivity index (χ1) is 7.88. The highest BCUT2D eigenvalue weighted by Gasteiger charge is 1.97. The minimum atomic E-state index is 0.980. The van der Waals surface area contributed by atoms with Gasteiger partial charge in [-0.05, 0) is 30.9 Å². The molecular weight excluding hydrogens is 260 g/mol. The molecule has 16 heavy (non-hydrogen) atoms. The summed E-state index contributed by atoms with van der Waals surface area (Å²) in [5.41, 5.74) is 2.61. The zero-order chi connectivity index (χ0) is 11.6. The Balaban J connectivity index is 2.65. The number of alkyl halides is 1. The summed E-state index contributed by atoms with van der Waals surface area (Å²) in [5, 5.41) is 1.04. The third-order valence-corrected chi connectivity index (χ3v) is 3.04. The molecule has 0 heterocycles. The molecule has 0 amide bonds. The van der Waals surface area contributed by atoms with Gasteiger partial charge in [0.15, 0.2) is 0 Å². The number of unbranched alkanes of at least 4 members (excludes halogenated alkanes) is 2. The lowest BCUT2D eigenvalue weighted by atomic mass is 10.0. The van der Waals surface area contributed by atoms with Crippen molar-refractivity contribution in [2.24, 2.45) is 0 Å². The van der Waals surface area contributed by atoms with Gasteiger partial charge in [0.25, 0.3) is 0 Å². The van der Waals surface area contributed by atoms with Gasteiger partial charge in [0.1, 0.15) is 0 Å². The first-order valence-electron chi connectivity index (χ1n) is 6.01. The Bertz CT molecular complexity index is 357. The Morgan fingerprint density at radius 2 is 2.00 bits per heavy atom. The standard InChI is InChI=1S/C15H19Br/c1-2-3-9-14-11-6-7-12-15(14)10-5-4-8-13-16/h6-7,11-12H,2-4,8-9,13H2,1H3. The normalized spacial score (nSPS) is 9.62. The van der Waals surface area contributed by atoms with Crippen LogP contribution in [-0.2, 0) is 6.42 Å². The molecule has 0 atom stereocenters. The molecule has 0 saturated heterocycles. The predicted molar refractivity (Wildman–Crippen MR) is 75.0 cm³/mol. The summed E-state index contributed by atoms with van der Waals surface area (Å²) in [7, 11) is 0. The number of aryl methyl sites for hydroxylation is 1. The van der Waals surface area contributed by atoms with Gasteiger partial charge >= 0.3 is 0 Å². The van der Waals surface area contributed by atoms with Crippen LogP contribution < -0.4 is 0 Å². The van der Waals surface area contributed by atoms with Crippen LogP contribution in [0, 0.1) is 11.8 Å². The van der Waals surface area contributed by atoms with Crippen LogP contribution in [0.3, 0.4) is 0 Å². The van der Waals surface area contributed by atoms with E-state index in [9.17, 15) is 0 Å². The molecule has 1 rings (SSSR count). The van der Waals surface area contributed by atoms with E-state index in [2.05, 4.69) is 59.0 Å². The molecule has 86 valence electrons. The van der Waals surface area contributed by atoms with E-state index in [0.717, 1.165) is 24.6 Å². The molecule has 0 aromatic heterocycles. The second-order valence-electron chi connectivity index (χ2n) is 3.86. The molecule has 1 aromatic carbocycles. The molecule has 0 nitrogen and oxygen atoms in total. The fourth-order valence-corrected chi connectivity index (χ4v) is 1.82. The molecule has 0 unspecified atom stereocenters. The summed E-state index contributed by atoms with van der Waals surface area (Å²) in [4.78, 5) is 0. The third-order valence-electron chi connectivity index (χ3n) is 2.48. The lowest BCUT2D eigenvalue weighted by Crippen LogP contribution is -1.89. The van der Waals surface area contributed by atoms with Crippen molar-refractivity contribution in [3.05, 3.63) is 35.4 Å². The van der Waals surface area contributed by atoms with Crippen molar-refractivity contribution in [2.75, 3.05) is 5.33 Å². The molecule has 1 heteroatoms. The van der Waals surface area contributed by atoms with Crippen LogP contribution in [0.4, 0.5) is 0 Å². The average Bonchev–Trinajstić information content (AvgIpc) is 2.33. The van der Waals surface area contributed by atoms with Gasteiger partial charge in [-0.2, -0.15) is 0 Å². The van der Waals surface area contributed by atoms with Gasteiger partial charge in [-0.1, -0.05) is 59.3 Å². The third kappa shape index (κ3) is 4.86. The van der Waals surface area contributed by atoms with E-state index in [0.29, 0.717) is 0 Å². The van der Waals surface area contributed by atoms with Crippen LogP contribution in [0.2, 0.25) is 0 Å². The quantitative estimate of drug-likeness (QED) is 0.421. The molecule has 0 bridgehead atoms. The van der Waals surface area contributed by atoms with Gasteiger partial charge in [0.05, 0.1) is 0 Å². The topological polar surface area (TPSA) is 0 Å². The zero-order valence-corrected chi connectivity index (χ0v) is 11.5. The molecule has 0 radical (unpaired) electrons. The molecule has 0 aliphatic heterocycles. The molecule has 0 aliphatic rings. The number of halogens is 1. The van der Waals surface area contributed by atoms with Crippen LogP contribution in [0.5, 0.6) is 0 Å². The first kappa shape index (κ1) is 13.3. The Hall–Kier alpha value is -0.740. The van der Waals surface area contributed by atoms with E-state index in [-0.39, 0.29) is 0 Å². The zero-order valence-electron chi connectivity index (χ0n) is 9.93. The van der Waals surface area contributed by atoms with E-state index in [1.54, 1.807) is 0 Å². The van der Waals surface area contributed by atoms with Crippen molar-refractivity contribution in [1.29, 1.82) is 0 Å². The average molecular weight is 279 g/mol. The van der Waals surface area contributed by atoms with Crippen molar-refractivity contribution >= 4 is 15.9 Å². The summed E-state index contributed by atoms with van der Waals surface area (Å²) >= 11 is 3.42. The van der Waals surface area contributed by atoms with Crippen LogP contribution in [0.25, 0.3) is 0 Å². The van der Waals surface area contributed by atoms with Crippen LogP contribution in [0.1, 0.15) is 43.7 Å². The lowest BCUT2D eigenvalue weighted by Gasteiger charge is -2.02. The van der Waals surface area contributed by atoms with Gasteiger partial charge in [-0.3, -0.25) is 0 Å². The predicted octanol–water partition coefficient (Wildman–Crippen LogP) is 4.56. The summed E-state index contributed by atoms with van der Waals surface area (Å²) in [6.45, 7) is 2.23. The Kier molecular flexibility index (Phi) is 7.01. The fourth-order valence-electron chi connectivity index (χ4n) is 1.54. The Labute approximate surface area is 108 Å². The molecular formula is C15H19Br. The fraction of sp³-hybridized carbons (Fsp3) is 0.467. The van der Waals surface area contributed by atoms with Crippen LogP contribution in [-0.4, -0.2) is 5.33 Å². The SMILES string of the molecule is CCCCc1ccccc1C#CCCCBr. The monoisotopic (exact) mass is 278 g/mol. The minimum Gasteiger partial charge on any atom is -0.0979 e. The van der Waals surface area contributed by atoms with Crippen molar-refractivity contribution < 1.29 is 0 Å². The smallest absolute Gasteiger partial charge is 0.0277 e. The van der Waals surface area contributed by atoms with E-state index in [1.165, 1.54) is 24.0 Å². The van der Waals surface area contributed by atoms with Crippen molar-refractivity contribution in [2.45, 2.75) is 39.0 Å². The maximum Gasteiger partial charge on any atom is 0.0277 e. The Morgan fingerprint density at radius 1 is 1.19 bits per heavy atom. The second kappa shape index (κ2) is 8.42. The first-order valence-corrected chi connectivity index (χ1v) is 7.13. The van der Waals surface area contributed by atoms with Crippen molar-refractivity contribution in [1.82, 2.24) is 0 Å².